The quantitative estimate of drug-likeness (QED) is 0.607. The monoisotopic (exact) mass is 378 g/mol. The summed E-state index contributed by atoms with van der Waals surface area (Å²) < 4.78 is 64.6. The molecule has 10 heteroatoms. The molecule has 0 bridgehead atoms. The summed E-state index contributed by atoms with van der Waals surface area (Å²) >= 11 is 5.43. The Hall–Kier alpha value is -2.68. The van der Waals surface area contributed by atoms with Crippen molar-refractivity contribution in [3.63, 3.8) is 0 Å². The smallest absolute Gasteiger partial charge is 0.318 e. The second kappa shape index (κ2) is 7.06. The minimum atomic E-state index is -4.76. The third-order valence-corrected chi connectivity index (χ3v) is 3.24. The van der Waals surface area contributed by atoms with Crippen LogP contribution in [0.4, 0.5) is 33.3 Å². The lowest BCUT2D eigenvalue weighted by atomic mass is 10.2. The number of carbonyl (C=O) groups is 2. The summed E-state index contributed by atoms with van der Waals surface area (Å²) in [6, 6.07) is 4.66. The van der Waals surface area contributed by atoms with Crippen LogP contribution in [0.25, 0.3) is 0 Å². The van der Waals surface area contributed by atoms with Crippen molar-refractivity contribution in [2.24, 2.45) is 0 Å². The van der Waals surface area contributed by atoms with Gasteiger partial charge in [-0.2, -0.15) is 13.2 Å². The summed E-state index contributed by atoms with van der Waals surface area (Å²) in [5.74, 6) is -4.62. The van der Waals surface area contributed by atoms with Crippen molar-refractivity contribution >= 4 is 34.8 Å². The van der Waals surface area contributed by atoms with E-state index in [4.69, 9.17) is 11.6 Å². The Morgan fingerprint density at radius 1 is 0.920 bits per heavy atom. The fourth-order valence-corrected chi connectivity index (χ4v) is 2.01. The van der Waals surface area contributed by atoms with Gasteiger partial charge in [0.25, 0.3) is 0 Å². The molecule has 0 aliphatic carbocycles. The molecular weight excluding hydrogens is 371 g/mol. The minimum Gasteiger partial charge on any atom is -0.318 e. The summed E-state index contributed by atoms with van der Waals surface area (Å²) in [4.78, 5) is 23.4. The number of alkyl halides is 3. The van der Waals surface area contributed by atoms with Crippen LogP contribution in [-0.2, 0) is 15.8 Å². The zero-order valence-corrected chi connectivity index (χ0v) is 12.8. The number of amides is 2. The van der Waals surface area contributed by atoms with Crippen LogP contribution in [-0.4, -0.2) is 11.8 Å². The van der Waals surface area contributed by atoms with Gasteiger partial charge >= 0.3 is 18.0 Å². The highest BCUT2D eigenvalue weighted by molar-refractivity contribution is 6.43. The highest BCUT2D eigenvalue weighted by Crippen LogP contribution is 2.36. The third kappa shape index (κ3) is 4.66. The molecule has 0 spiro atoms. The second-order valence-electron chi connectivity index (χ2n) is 4.72. The molecule has 132 valence electrons. The molecule has 2 aromatic rings. The maximum absolute atomic E-state index is 13.4. The van der Waals surface area contributed by atoms with Gasteiger partial charge < -0.3 is 10.6 Å². The van der Waals surface area contributed by atoms with Crippen molar-refractivity contribution in [1.29, 1.82) is 0 Å². The average molecular weight is 379 g/mol. The molecule has 0 aliphatic rings. The second-order valence-corrected chi connectivity index (χ2v) is 5.13. The van der Waals surface area contributed by atoms with E-state index in [2.05, 4.69) is 0 Å². The first kappa shape index (κ1) is 18.7. The molecule has 4 nitrogen and oxygen atoms in total. The minimum absolute atomic E-state index is 0.350. The summed E-state index contributed by atoms with van der Waals surface area (Å²) in [7, 11) is 0. The molecule has 0 heterocycles. The Bertz CT molecular complexity index is 839. The van der Waals surface area contributed by atoms with E-state index in [0.717, 1.165) is 24.3 Å². The number of carbonyl (C=O) groups excluding carboxylic acids is 2. The van der Waals surface area contributed by atoms with E-state index in [-0.39, 0.29) is 5.69 Å². The van der Waals surface area contributed by atoms with Gasteiger partial charge in [0.2, 0.25) is 0 Å². The lowest BCUT2D eigenvalue weighted by Crippen LogP contribution is -2.29. The zero-order chi connectivity index (χ0) is 18.8. The number of benzene rings is 2. The highest BCUT2D eigenvalue weighted by atomic mass is 35.5. The van der Waals surface area contributed by atoms with Gasteiger partial charge in [0.15, 0.2) is 0 Å². The molecular formula is C15H8ClF5N2O2. The summed E-state index contributed by atoms with van der Waals surface area (Å²) in [6.07, 6.45) is -4.76. The predicted octanol–water partition coefficient (Wildman–Crippen LogP) is 4.21. The average Bonchev–Trinajstić information content (AvgIpc) is 2.51. The lowest BCUT2D eigenvalue weighted by Gasteiger charge is -2.12. The van der Waals surface area contributed by atoms with E-state index in [1.807, 2.05) is 10.6 Å². The first-order valence-electron chi connectivity index (χ1n) is 6.52. The Labute approximate surface area is 142 Å². The maximum atomic E-state index is 13.4. The van der Waals surface area contributed by atoms with Gasteiger partial charge in [0.1, 0.15) is 11.6 Å². The van der Waals surface area contributed by atoms with Gasteiger partial charge in [0, 0.05) is 11.8 Å². The van der Waals surface area contributed by atoms with Crippen LogP contribution in [0.2, 0.25) is 5.02 Å². The van der Waals surface area contributed by atoms with E-state index in [9.17, 15) is 31.5 Å². The number of halogens is 6. The van der Waals surface area contributed by atoms with Gasteiger partial charge in [-0.25, -0.2) is 8.78 Å². The summed E-state index contributed by atoms with van der Waals surface area (Å²) in [5.41, 5.74) is -2.15. The lowest BCUT2D eigenvalue weighted by molar-refractivity contribution is -0.137. The van der Waals surface area contributed by atoms with Crippen LogP contribution in [0, 0.1) is 11.6 Å². The molecule has 0 aromatic heterocycles. The topological polar surface area (TPSA) is 58.2 Å². The molecule has 0 atom stereocenters. The zero-order valence-electron chi connectivity index (χ0n) is 12.0. The van der Waals surface area contributed by atoms with Gasteiger partial charge in [-0.15, -0.1) is 0 Å². The molecule has 0 saturated heterocycles. The maximum Gasteiger partial charge on any atom is 0.417 e. The largest absolute Gasteiger partial charge is 0.417 e. The summed E-state index contributed by atoms with van der Waals surface area (Å²) in [6.45, 7) is 0. The SMILES string of the molecule is O=C(Nc1ccc(Cl)c(C(F)(F)F)c1)C(=O)Nc1cc(F)ccc1F. The van der Waals surface area contributed by atoms with Crippen molar-refractivity contribution in [1.82, 2.24) is 0 Å². The highest BCUT2D eigenvalue weighted by Gasteiger charge is 2.33. The van der Waals surface area contributed by atoms with E-state index >= 15 is 0 Å². The third-order valence-electron chi connectivity index (χ3n) is 2.91. The molecule has 2 aromatic carbocycles. The number of rotatable bonds is 2. The van der Waals surface area contributed by atoms with Gasteiger partial charge in [0.05, 0.1) is 16.3 Å². The van der Waals surface area contributed by atoms with Crippen LogP contribution in [0.5, 0.6) is 0 Å². The molecule has 25 heavy (non-hydrogen) atoms. The van der Waals surface area contributed by atoms with E-state index in [1.165, 1.54) is 0 Å². The van der Waals surface area contributed by atoms with Gasteiger partial charge in [-0.05, 0) is 30.3 Å². The molecule has 2 rings (SSSR count). The summed E-state index contributed by atoms with van der Waals surface area (Å²) in [5, 5.41) is 3.14. The molecule has 0 unspecified atom stereocenters. The van der Waals surface area contributed by atoms with Crippen LogP contribution < -0.4 is 10.6 Å². The molecule has 2 N–H and O–H groups in total. The van der Waals surface area contributed by atoms with E-state index < -0.39 is 45.9 Å². The van der Waals surface area contributed by atoms with Crippen molar-refractivity contribution < 1.29 is 31.5 Å². The van der Waals surface area contributed by atoms with Crippen LogP contribution in [0.3, 0.4) is 0 Å². The number of nitrogens with one attached hydrogen (secondary N) is 2. The fourth-order valence-electron chi connectivity index (χ4n) is 1.78. The normalized spacial score (nSPS) is 11.1. The molecule has 0 aliphatic heterocycles. The van der Waals surface area contributed by atoms with E-state index in [0.29, 0.717) is 12.1 Å². The number of hydrogen-bond acceptors (Lipinski definition) is 2. The van der Waals surface area contributed by atoms with Crippen LogP contribution in [0.15, 0.2) is 36.4 Å². The van der Waals surface area contributed by atoms with Crippen molar-refractivity contribution in [3.8, 4) is 0 Å². The Morgan fingerprint density at radius 2 is 1.56 bits per heavy atom. The van der Waals surface area contributed by atoms with Crippen LogP contribution in [0.1, 0.15) is 5.56 Å². The number of anilines is 2. The Balaban J connectivity index is 2.14. The van der Waals surface area contributed by atoms with Gasteiger partial charge in [-0.1, -0.05) is 11.6 Å². The predicted molar refractivity (Wildman–Crippen MR) is 80.1 cm³/mol. The number of hydrogen-bond donors (Lipinski definition) is 2. The first-order valence-corrected chi connectivity index (χ1v) is 6.90. The Kier molecular flexibility index (Phi) is 5.27. The molecule has 0 fully saturated rings. The van der Waals surface area contributed by atoms with E-state index in [1.54, 1.807) is 0 Å². The molecule has 2 amide bonds. The Morgan fingerprint density at radius 3 is 2.20 bits per heavy atom. The first-order chi connectivity index (χ1) is 11.6. The van der Waals surface area contributed by atoms with Gasteiger partial charge in [-0.3, -0.25) is 9.59 Å². The fraction of sp³-hybridized carbons (Fsp3) is 0.0667. The van der Waals surface area contributed by atoms with Crippen molar-refractivity contribution in [3.05, 3.63) is 58.6 Å². The van der Waals surface area contributed by atoms with Crippen LogP contribution >= 0.6 is 11.6 Å². The molecule has 0 saturated carbocycles. The molecule has 0 radical (unpaired) electrons. The van der Waals surface area contributed by atoms with Crippen molar-refractivity contribution in [2.45, 2.75) is 6.18 Å². The standard InChI is InChI=1S/C15H8ClF5N2O2/c16-10-3-2-8(6-9(10)15(19,20)21)22-13(24)14(25)23-12-5-7(17)1-4-11(12)18/h1-6H,(H,22,24)(H,23,25). The van der Waals surface area contributed by atoms with Crippen molar-refractivity contribution in [2.75, 3.05) is 10.6 Å².